The normalized spacial score (nSPS) is 12.3. The summed E-state index contributed by atoms with van der Waals surface area (Å²) in [6.07, 6.45) is 4.83. The first-order valence-corrected chi connectivity index (χ1v) is 10.5. The number of ether oxygens (including phenoxy) is 1. The van der Waals surface area contributed by atoms with Gasteiger partial charge >= 0.3 is 5.97 Å². The Morgan fingerprint density at radius 2 is 1.83 bits per heavy atom. The Bertz CT molecular complexity index is 861. The van der Waals surface area contributed by atoms with Crippen LogP contribution in [0.5, 0.6) is 11.5 Å². The highest BCUT2D eigenvalue weighted by Gasteiger charge is 2.19. The summed E-state index contributed by atoms with van der Waals surface area (Å²) in [5.74, 6) is -0.286. The number of amides is 1. The van der Waals surface area contributed by atoms with E-state index >= 15 is 0 Å². The lowest BCUT2D eigenvalue weighted by Gasteiger charge is -2.15. The van der Waals surface area contributed by atoms with Crippen LogP contribution in [0.15, 0.2) is 58.7 Å². The number of carboxylic acid groups (broad SMARTS) is 1. The van der Waals surface area contributed by atoms with Gasteiger partial charge in [0.05, 0.1) is 4.47 Å². The third-order valence-electron chi connectivity index (χ3n) is 4.51. The molecule has 5 nitrogen and oxygen atoms in total. The van der Waals surface area contributed by atoms with Crippen LogP contribution in [-0.2, 0) is 9.59 Å². The van der Waals surface area contributed by atoms with Gasteiger partial charge < -0.3 is 15.2 Å². The molecular formula is C23H26BrNO4. The van der Waals surface area contributed by atoms with E-state index in [1.165, 1.54) is 6.08 Å². The van der Waals surface area contributed by atoms with Gasteiger partial charge in [-0.15, -0.1) is 0 Å². The molecule has 0 saturated heterocycles. The number of unbranched alkanes of at least 4 members (excludes halogenated alkanes) is 1. The molecular weight excluding hydrogens is 434 g/mol. The second-order valence-electron chi connectivity index (χ2n) is 6.70. The van der Waals surface area contributed by atoms with E-state index in [2.05, 4.69) is 28.2 Å². The molecule has 0 radical (unpaired) electrons. The average Bonchev–Trinajstić information content (AvgIpc) is 2.71. The first-order valence-electron chi connectivity index (χ1n) is 9.72. The topological polar surface area (TPSA) is 75.6 Å². The molecule has 1 amide bonds. The maximum atomic E-state index is 12.4. The van der Waals surface area contributed by atoms with Crippen LogP contribution in [0.25, 0.3) is 6.08 Å². The minimum Gasteiger partial charge on any atom is -0.477 e. The fraction of sp³-hybridized carbons (Fsp3) is 0.304. The zero-order chi connectivity index (χ0) is 21.2. The highest BCUT2D eigenvalue weighted by molar-refractivity contribution is 9.10. The number of para-hydroxylation sites is 1. The summed E-state index contributed by atoms with van der Waals surface area (Å²) in [6, 6.07) is 14.5. The average molecular weight is 460 g/mol. The minimum absolute atomic E-state index is 0.135. The van der Waals surface area contributed by atoms with Crippen molar-refractivity contribution in [2.24, 2.45) is 5.92 Å². The number of nitrogens with one attached hydrogen (secondary N) is 1. The van der Waals surface area contributed by atoms with Crippen LogP contribution in [0.2, 0.25) is 0 Å². The predicted octanol–water partition coefficient (Wildman–Crippen LogP) is 6.00. The van der Waals surface area contributed by atoms with Gasteiger partial charge in [0.25, 0.3) is 0 Å². The molecule has 0 aliphatic rings. The van der Waals surface area contributed by atoms with Crippen molar-refractivity contribution >= 4 is 33.9 Å². The lowest BCUT2D eigenvalue weighted by Crippen LogP contribution is -2.32. The van der Waals surface area contributed by atoms with Crippen molar-refractivity contribution < 1.29 is 19.4 Å². The highest BCUT2D eigenvalue weighted by atomic mass is 79.9. The number of halogens is 1. The van der Waals surface area contributed by atoms with Gasteiger partial charge in [0.15, 0.2) is 0 Å². The van der Waals surface area contributed by atoms with Crippen molar-refractivity contribution in [3.8, 4) is 11.5 Å². The van der Waals surface area contributed by atoms with Crippen LogP contribution in [0, 0.1) is 5.92 Å². The van der Waals surface area contributed by atoms with Gasteiger partial charge in [-0.05, 0) is 64.7 Å². The van der Waals surface area contributed by atoms with Crippen molar-refractivity contribution in [1.82, 2.24) is 5.32 Å². The number of hydrogen-bond donors (Lipinski definition) is 2. The molecule has 154 valence electrons. The number of carbonyl (C=O) groups is 2. The van der Waals surface area contributed by atoms with Gasteiger partial charge in [0, 0.05) is 5.92 Å². The molecule has 1 atom stereocenters. The maximum absolute atomic E-state index is 12.4. The van der Waals surface area contributed by atoms with E-state index in [9.17, 15) is 14.7 Å². The molecule has 0 heterocycles. The van der Waals surface area contributed by atoms with Crippen molar-refractivity contribution in [2.75, 3.05) is 0 Å². The number of carbonyl (C=O) groups excluding carboxylic acids is 1. The van der Waals surface area contributed by atoms with Crippen molar-refractivity contribution in [1.29, 1.82) is 0 Å². The summed E-state index contributed by atoms with van der Waals surface area (Å²) < 4.78 is 6.65. The van der Waals surface area contributed by atoms with Gasteiger partial charge in [0.1, 0.15) is 17.2 Å². The van der Waals surface area contributed by atoms with Gasteiger partial charge in [-0.3, -0.25) is 4.79 Å². The van der Waals surface area contributed by atoms with Crippen molar-refractivity contribution in [3.05, 3.63) is 64.3 Å². The van der Waals surface area contributed by atoms with E-state index in [-0.39, 0.29) is 17.5 Å². The Morgan fingerprint density at radius 3 is 2.41 bits per heavy atom. The molecule has 0 spiro atoms. The summed E-state index contributed by atoms with van der Waals surface area (Å²) in [7, 11) is 0. The zero-order valence-corrected chi connectivity index (χ0v) is 18.2. The van der Waals surface area contributed by atoms with Gasteiger partial charge in [-0.2, -0.15) is 0 Å². The fourth-order valence-corrected chi connectivity index (χ4v) is 3.18. The molecule has 1 unspecified atom stereocenters. The quantitative estimate of drug-likeness (QED) is 0.427. The van der Waals surface area contributed by atoms with E-state index in [0.29, 0.717) is 23.5 Å². The Kier molecular flexibility index (Phi) is 8.93. The molecule has 0 aromatic heterocycles. The number of carboxylic acids is 1. The molecule has 6 heteroatoms. The molecule has 2 aromatic carbocycles. The van der Waals surface area contributed by atoms with E-state index < -0.39 is 5.97 Å². The van der Waals surface area contributed by atoms with Gasteiger partial charge in [0.2, 0.25) is 5.91 Å². The highest BCUT2D eigenvalue weighted by Crippen LogP contribution is 2.29. The first kappa shape index (κ1) is 22.7. The molecule has 0 bridgehead atoms. The van der Waals surface area contributed by atoms with Crippen LogP contribution in [0.3, 0.4) is 0 Å². The van der Waals surface area contributed by atoms with Gasteiger partial charge in [-0.1, -0.05) is 51.0 Å². The van der Waals surface area contributed by atoms with Gasteiger partial charge in [-0.25, -0.2) is 4.79 Å². The largest absolute Gasteiger partial charge is 0.477 e. The monoisotopic (exact) mass is 459 g/mol. The van der Waals surface area contributed by atoms with E-state index in [1.807, 2.05) is 31.2 Å². The lowest BCUT2D eigenvalue weighted by atomic mass is 9.98. The summed E-state index contributed by atoms with van der Waals surface area (Å²) >= 11 is 3.43. The van der Waals surface area contributed by atoms with Crippen LogP contribution >= 0.6 is 15.9 Å². The predicted molar refractivity (Wildman–Crippen MR) is 118 cm³/mol. The van der Waals surface area contributed by atoms with Crippen LogP contribution in [0.4, 0.5) is 0 Å². The lowest BCUT2D eigenvalue weighted by molar-refractivity contribution is -0.135. The molecule has 29 heavy (non-hydrogen) atoms. The smallest absolute Gasteiger partial charge is 0.352 e. The van der Waals surface area contributed by atoms with E-state index in [1.54, 1.807) is 24.3 Å². The number of aliphatic carboxylic acids is 1. The van der Waals surface area contributed by atoms with E-state index in [0.717, 1.165) is 23.7 Å². The second kappa shape index (κ2) is 11.4. The van der Waals surface area contributed by atoms with Crippen molar-refractivity contribution in [3.63, 3.8) is 0 Å². The molecule has 2 N–H and O–H groups in total. The van der Waals surface area contributed by atoms with Crippen LogP contribution in [-0.4, -0.2) is 17.0 Å². The Hall–Kier alpha value is -2.60. The molecule has 0 aliphatic heterocycles. The molecule has 2 rings (SSSR count). The Balaban J connectivity index is 2.11. The third-order valence-corrected chi connectivity index (χ3v) is 5.17. The number of rotatable bonds is 10. The van der Waals surface area contributed by atoms with Crippen LogP contribution < -0.4 is 10.1 Å². The SMILES string of the molecule is CCCCC(CC)C(=O)NC(=Cc1ccc(Oc2ccccc2Br)cc1)C(=O)O. The van der Waals surface area contributed by atoms with Crippen molar-refractivity contribution in [2.45, 2.75) is 39.5 Å². The fourth-order valence-electron chi connectivity index (χ4n) is 2.81. The summed E-state index contributed by atoms with van der Waals surface area (Å²) in [4.78, 5) is 24.0. The Labute approximate surface area is 179 Å². The minimum atomic E-state index is -1.17. The second-order valence-corrected chi connectivity index (χ2v) is 7.56. The maximum Gasteiger partial charge on any atom is 0.352 e. The third kappa shape index (κ3) is 7.06. The Morgan fingerprint density at radius 1 is 1.14 bits per heavy atom. The summed E-state index contributed by atoms with van der Waals surface area (Å²) in [5, 5.41) is 12.1. The van der Waals surface area contributed by atoms with E-state index in [4.69, 9.17) is 4.74 Å². The zero-order valence-electron chi connectivity index (χ0n) is 16.7. The first-order chi connectivity index (χ1) is 13.9. The molecule has 0 fully saturated rings. The van der Waals surface area contributed by atoms with Crippen LogP contribution in [0.1, 0.15) is 45.1 Å². The summed E-state index contributed by atoms with van der Waals surface area (Å²) in [6.45, 7) is 4.00. The molecule has 2 aromatic rings. The molecule has 0 saturated carbocycles. The summed E-state index contributed by atoms with van der Waals surface area (Å²) in [5.41, 5.74) is 0.521. The standard InChI is InChI=1S/C23H26BrNO4/c1-3-5-8-17(4-2)22(26)25-20(23(27)28)15-16-11-13-18(14-12-16)29-21-10-7-6-9-19(21)24/h6-7,9-15,17H,3-5,8H2,1-2H3,(H,25,26)(H,27,28). The number of hydrogen-bond acceptors (Lipinski definition) is 3. The molecule has 0 aliphatic carbocycles. The number of benzene rings is 2.